The molecule has 1 fully saturated rings. The highest BCUT2D eigenvalue weighted by atomic mass is 16.5. The Labute approximate surface area is 230 Å². The molecule has 5 atom stereocenters. The van der Waals surface area contributed by atoms with E-state index in [2.05, 4.69) is 17.7 Å². The summed E-state index contributed by atoms with van der Waals surface area (Å²) in [4.78, 5) is 51.1. The Kier molecular flexibility index (Phi) is 11.3. The summed E-state index contributed by atoms with van der Waals surface area (Å²) in [5.74, 6) is -2.71. The average molecular weight is 550 g/mol. The Morgan fingerprint density at radius 2 is 1.95 bits per heavy atom. The number of nitrogens with one attached hydrogen (secondary N) is 3. The molecular formula is C27H45N6O6+. The molecule has 5 N–H and O–H groups in total. The summed E-state index contributed by atoms with van der Waals surface area (Å²) in [5, 5.41) is 23.3. The molecule has 12 heteroatoms. The summed E-state index contributed by atoms with van der Waals surface area (Å²) in [7, 11) is 0. The number of amides is 3. The van der Waals surface area contributed by atoms with Crippen LogP contribution in [0.15, 0.2) is 12.3 Å². The summed E-state index contributed by atoms with van der Waals surface area (Å²) >= 11 is 0. The number of carboxylic acids is 1. The van der Waals surface area contributed by atoms with Crippen molar-refractivity contribution in [3.8, 4) is 0 Å². The van der Waals surface area contributed by atoms with Gasteiger partial charge in [0.2, 0.25) is 17.7 Å². The van der Waals surface area contributed by atoms with Crippen LogP contribution in [0, 0.1) is 11.8 Å². The minimum Gasteiger partial charge on any atom is -0.476 e. The van der Waals surface area contributed by atoms with Crippen molar-refractivity contribution in [3.63, 3.8) is 0 Å². The third-order valence-corrected chi connectivity index (χ3v) is 8.11. The van der Waals surface area contributed by atoms with Crippen molar-refractivity contribution in [1.82, 2.24) is 25.9 Å². The third-order valence-electron chi connectivity index (χ3n) is 8.11. The van der Waals surface area contributed by atoms with Crippen molar-refractivity contribution in [2.45, 2.75) is 110 Å². The van der Waals surface area contributed by atoms with Gasteiger partial charge in [0.05, 0.1) is 12.6 Å². The van der Waals surface area contributed by atoms with Crippen LogP contribution in [0.2, 0.25) is 0 Å². The van der Waals surface area contributed by atoms with Crippen LogP contribution in [-0.4, -0.2) is 56.3 Å². The predicted molar refractivity (Wildman–Crippen MR) is 141 cm³/mol. The van der Waals surface area contributed by atoms with Gasteiger partial charge >= 0.3 is 5.97 Å². The van der Waals surface area contributed by atoms with Crippen LogP contribution in [0.3, 0.4) is 0 Å². The number of nitrogens with zero attached hydrogens (tertiary/aromatic N) is 3. The standard InChI is InChI=1S/C27H44N6O6/c1-4-6-7-10-19(17-23(34)30-39)26(36)33-21(11-8-14-28-33)25(35)29-24(18(3)5-2)20-13-16-32-22(27(37)38)12-9-15-31(20)32/h13,16,18-19,21-22,24,28H,4-12,14-15,17H2,1-3H3,(H3-,29,30,34,35,37,38,39)/p+1. The van der Waals surface area contributed by atoms with Crippen LogP contribution in [0.25, 0.3) is 0 Å². The highest BCUT2D eigenvalue weighted by molar-refractivity contribution is 5.90. The Balaban J connectivity index is 1.83. The van der Waals surface area contributed by atoms with Gasteiger partial charge in [-0.25, -0.2) is 15.7 Å². The molecular weight excluding hydrogens is 504 g/mol. The molecule has 5 unspecified atom stereocenters. The summed E-state index contributed by atoms with van der Waals surface area (Å²) < 4.78 is 3.70. The van der Waals surface area contributed by atoms with Crippen LogP contribution in [0.4, 0.5) is 0 Å². The number of aromatic nitrogens is 2. The summed E-state index contributed by atoms with van der Waals surface area (Å²) in [6, 6.07) is 0.129. The summed E-state index contributed by atoms with van der Waals surface area (Å²) in [6.45, 7) is 7.35. The highest BCUT2D eigenvalue weighted by Gasteiger charge is 2.40. The van der Waals surface area contributed by atoms with Crippen LogP contribution in [-0.2, 0) is 25.7 Å². The maximum atomic E-state index is 13.8. The Hall–Kier alpha value is -2.99. The number of carbonyl (C=O) groups is 4. The molecule has 0 saturated carbocycles. The van der Waals surface area contributed by atoms with E-state index in [1.54, 1.807) is 16.4 Å². The Bertz CT molecular complexity index is 1010. The molecule has 0 spiro atoms. The van der Waals surface area contributed by atoms with E-state index in [-0.39, 0.29) is 30.2 Å². The minimum atomic E-state index is -0.875. The second-order valence-corrected chi connectivity index (χ2v) is 10.8. The van der Waals surface area contributed by atoms with E-state index in [9.17, 15) is 24.3 Å². The molecule has 218 valence electrons. The zero-order valence-corrected chi connectivity index (χ0v) is 23.4. The molecule has 3 heterocycles. The van der Waals surface area contributed by atoms with Crippen LogP contribution in [0.5, 0.6) is 0 Å². The average Bonchev–Trinajstić information content (AvgIpc) is 3.38. The number of carbonyl (C=O) groups excluding carboxylic acids is 3. The van der Waals surface area contributed by atoms with Crippen LogP contribution >= 0.6 is 0 Å². The van der Waals surface area contributed by atoms with Crippen molar-refractivity contribution < 1.29 is 34.2 Å². The molecule has 0 radical (unpaired) electrons. The molecule has 0 aromatic carbocycles. The van der Waals surface area contributed by atoms with Gasteiger partial charge in [0.15, 0.2) is 6.20 Å². The van der Waals surface area contributed by atoms with E-state index >= 15 is 0 Å². The van der Waals surface area contributed by atoms with E-state index in [4.69, 9.17) is 5.21 Å². The molecule has 2 aliphatic rings. The lowest BCUT2D eigenvalue weighted by Gasteiger charge is -2.38. The maximum absolute atomic E-state index is 13.8. The van der Waals surface area contributed by atoms with Gasteiger partial charge in [-0.1, -0.05) is 46.5 Å². The van der Waals surface area contributed by atoms with Crippen molar-refractivity contribution in [3.05, 3.63) is 18.0 Å². The predicted octanol–water partition coefficient (Wildman–Crippen LogP) is 1.99. The monoisotopic (exact) mass is 549 g/mol. The summed E-state index contributed by atoms with van der Waals surface area (Å²) in [5.41, 5.74) is 5.56. The van der Waals surface area contributed by atoms with Gasteiger partial charge in [0, 0.05) is 31.4 Å². The van der Waals surface area contributed by atoms with Crippen LogP contribution in [0.1, 0.15) is 103 Å². The molecule has 39 heavy (non-hydrogen) atoms. The first-order chi connectivity index (χ1) is 18.7. The molecule has 12 nitrogen and oxygen atoms in total. The molecule has 3 amide bonds. The van der Waals surface area contributed by atoms with Crippen LogP contribution < -0.4 is 20.9 Å². The zero-order valence-electron chi connectivity index (χ0n) is 23.4. The number of unbranched alkanes of at least 4 members (excludes halogenated alkanes) is 2. The lowest BCUT2D eigenvalue weighted by molar-refractivity contribution is -0.794. The largest absolute Gasteiger partial charge is 0.476 e. The first-order valence-electron chi connectivity index (χ1n) is 14.4. The summed E-state index contributed by atoms with van der Waals surface area (Å²) in [6.07, 6.45) is 8.03. The van der Waals surface area contributed by atoms with Gasteiger partial charge in [-0.05, 0) is 31.6 Å². The number of carboxylic acid groups (broad SMARTS) is 1. The zero-order chi connectivity index (χ0) is 28.5. The first kappa shape index (κ1) is 30.6. The lowest BCUT2D eigenvalue weighted by Crippen LogP contribution is -2.60. The van der Waals surface area contributed by atoms with Gasteiger partial charge < -0.3 is 10.4 Å². The van der Waals surface area contributed by atoms with Gasteiger partial charge in [0.1, 0.15) is 11.7 Å². The number of aliphatic carboxylic acids is 1. The number of hydrogen-bond acceptors (Lipinski definition) is 6. The molecule has 1 aromatic heterocycles. The molecule has 1 aromatic rings. The topological polar surface area (TPSA) is 157 Å². The first-order valence-corrected chi connectivity index (χ1v) is 14.4. The number of hydrazine groups is 1. The minimum absolute atomic E-state index is 0.0644. The van der Waals surface area contributed by atoms with Gasteiger partial charge in [-0.3, -0.25) is 24.6 Å². The number of hydroxylamine groups is 1. The van der Waals surface area contributed by atoms with Crippen molar-refractivity contribution in [2.75, 3.05) is 6.54 Å². The van der Waals surface area contributed by atoms with Crippen molar-refractivity contribution >= 4 is 23.7 Å². The van der Waals surface area contributed by atoms with E-state index < -0.39 is 29.9 Å². The van der Waals surface area contributed by atoms with Gasteiger partial charge in [-0.15, -0.1) is 4.68 Å². The molecule has 2 aliphatic heterocycles. The fourth-order valence-electron chi connectivity index (χ4n) is 5.66. The quantitative estimate of drug-likeness (QED) is 0.109. The maximum Gasteiger partial charge on any atom is 0.375 e. The van der Waals surface area contributed by atoms with E-state index in [1.807, 2.05) is 24.6 Å². The fraction of sp³-hybridized carbons (Fsp3) is 0.741. The molecule has 0 aliphatic carbocycles. The number of rotatable bonds is 13. The third kappa shape index (κ3) is 7.36. The SMILES string of the molecule is CCCCCC(CC(=O)NO)C(=O)N1NCCCC1C(=O)NC(c1cc[n+]2n1CCCC2C(=O)O)C(C)CC. The molecule has 1 saturated heterocycles. The van der Waals surface area contributed by atoms with Gasteiger partial charge in [0.25, 0.3) is 6.04 Å². The van der Waals surface area contributed by atoms with E-state index in [0.717, 1.165) is 37.8 Å². The normalized spacial score (nSPS) is 21.4. The highest BCUT2D eigenvalue weighted by Crippen LogP contribution is 2.28. The number of hydrogen-bond donors (Lipinski definition) is 5. The molecule has 3 rings (SSSR count). The Morgan fingerprint density at radius 1 is 1.18 bits per heavy atom. The van der Waals surface area contributed by atoms with E-state index in [1.165, 1.54) is 5.01 Å². The fourth-order valence-corrected chi connectivity index (χ4v) is 5.66. The van der Waals surface area contributed by atoms with E-state index in [0.29, 0.717) is 38.8 Å². The smallest absolute Gasteiger partial charge is 0.375 e. The molecule has 0 bridgehead atoms. The number of fused-ring (bicyclic) bond motifs is 1. The van der Waals surface area contributed by atoms with Gasteiger partial charge in [-0.2, -0.15) is 4.68 Å². The lowest BCUT2D eigenvalue weighted by atomic mass is 9.93. The Morgan fingerprint density at radius 3 is 2.62 bits per heavy atom. The van der Waals surface area contributed by atoms with Crippen molar-refractivity contribution in [2.24, 2.45) is 11.8 Å². The van der Waals surface area contributed by atoms with Crippen molar-refractivity contribution in [1.29, 1.82) is 0 Å². The second kappa shape index (κ2) is 14.4. The second-order valence-electron chi connectivity index (χ2n) is 10.8.